The van der Waals surface area contributed by atoms with Crippen molar-refractivity contribution >= 4 is 31.7 Å². The Morgan fingerprint density at radius 2 is 1.00 bits per heavy atom. The predicted molar refractivity (Wildman–Crippen MR) is 105 cm³/mol. The first-order valence-electron chi connectivity index (χ1n) is 8.25. The van der Waals surface area contributed by atoms with Crippen LogP contribution in [0, 0.1) is 0 Å². The van der Waals surface area contributed by atoms with E-state index < -0.39 is 20.2 Å². The van der Waals surface area contributed by atoms with E-state index in [9.17, 15) is 16.8 Å². The molecule has 0 spiro atoms. The average molecular weight is 425 g/mol. The highest BCUT2D eigenvalue weighted by molar-refractivity contribution is 7.87. The summed E-state index contributed by atoms with van der Waals surface area (Å²) in [5.41, 5.74) is 0.806. The first-order chi connectivity index (χ1) is 13.2. The van der Waals surface area contributed by atoms with Crippen LogP contribution in [0.15, 0.2) is 80.8 Å². The molecule has 0 saturated carbocycles. The average Bonchev–Trinajstić information content (AvgIpc) is 2.70. The molecule has 150 valence electrons. The largest absolute Gasteiger partial charge is 0.358 e. The van der Waals surface area contributed by atoms with Gasteiger partial charge in [-0.25, -0.2) is 0 Å². The van der Waals surface area contributed by atoms with Gasteiger partial charge >= 0.3 is 20.2 Å². The molecular formula is C18H20N2O6S2. The number of nitrogens with zero attached hydrogens (tertiary/aromatic N) is 2. The van der Waals surface area contributed by atoms with Crippen molar-refractivity contribution in [2.45, 2.75) is 36.5 Å². The molecule has 8 nitrogen and oxygen atoms in total. The molecule has 0 N–H and O–H groups in total. The molecule has 0 aliphatic carbocycles. The molecule has 2 aromatic rings. The fourth-order valence-corrected chi connectivity index (χ4v) is 3.54. The zero-order valence-electron chi connectivity index (χ0n) is 15.3. The van der Waals surface area contributed by atoms with Gasteiger partial charge in [0.05, 0.1) is 11.4 Å². The molecule has 0 aromatic heterocycles. The van der Waals surface area contributed by atoms with Gasteiger partial charge in [0.25, 0.3) is 0 Å². The second-order valence-corrected chi connectivity index (χ2v) is 8.89. The van der Waals surface area contributed by atoms with E-state index in [1.54, 1.807) is 50.2 Å². The van der Waals surface area contributed by atoms with E-state index in [-0.39, 0.29) is 9.79 Å². The van der Waals surface area contributed by atoms with Gasteiger partial charge in [-0.2, -0.15) is 16.8 Å². The van der Waals surface area contributed by atoms with Gasteiger partial charge in [0.1, 0.15) is 9.79 Å². The second-order valence-electron chi connectivity index (χ2n) is 5.84. The molecule has 0 heterocycles. The van der Waals surface area contributed by atoms with Crippen molar-refractivity contribution < 1.29 is 25.4 Å². The molecule has 0 atom stereocenters. The maximum absolute atomic E-state index is 12.0. The highest BCUT2D eigenvalue weighted by atomic mass is 32.2. The van der Waals surface area contributed by atoms with Gasteiger partial charge in [-0.3, -0.25) is 8.57 Å². The Morgan fingerprint density at radius 3 is 1.32 bits per heavy atom. The van der Waals surface area contributed by atoms with Crippen molar-refractivity contribution in [2.24, 2.45) is 10.3 Å². The summed E-state index contributed by atoms with van der Waals surface area (Å²) >= 11 is 0. The zero-order chi connectivity index (χ0) is 20.6. The Balaban J connectivity index is 1.90. The smallest absolute Gasteiger partial charge is 0.265 e. The molecule has 0 aliphatic heterocycles. The lowest BCUT2D eigenvalue weighted by Gasteiger charge is -2.04. The van der Waals surface area contributed by atoms with E-state index in [1.165, 1.54) is 24.3 Å². The third kappa shape index (κ3) is 6.46. The third-order valence-corrected chi connectivity index (χ3v) is 5.74. The molecule has 0 aliphatic rings. The molecule has 0 amide bonds. The molecule has 10 heteroatoms. The van der Waals surface area contributed by atoms with Crippen LogP contribution in [0.3, 0.4) is 0 Å². The summed E-state index contributed by atoms with van der Waals surface area (Å²) in [4.78, 5) is 0.00706. The third-order valence-electron chi connectivity index (χ3n) is 3.49. The minimum atomic E-state index is -3.98. The summed E-state index contributed by atoms with van der Waals surface area (Å²) in [7, 11) is -7.95. The molecule has 2 aromatic carbocycles. The normalized spacial score (nSPS) is 13.2. The maximum Gasteiger partial charge on any atom is 0.358 e. The summed E-state index contributed by atoms with van der Waals surface area (Å²) in [6.45, 7) is 3.19. The molecule has 0 radical (unpaired) electrons. The van der Waals surface area contributed by atoms with Crippen molar-refractivity contribution in [1.82, 2.24) is 0 Å². The molecular weight excluding hydrogens is 404 g/mol. The second kappa shape index (κ2) is 9.47. The molecule has 28 heavy (non-hydrogen) atoms. The number of oxime groups is 2. The van der Waals surface area contributed by atoms with Crippen molar-refractivity contribution in [3.63, 3.8) is 0 Å². The van der Waals surface area contributed by atoms with Crippen LogP contribution in [-0.2, 0) is 28.8 Å². The van der Waals surface area contributed by atoms with Crippen molar-refractivity contribution in [3.8, 4) is 0 Å². The Kier molecular flexibility index (Phi) is 7.30. The summed E-state index contributed by atoms with van der Waals surface area (Å²) in [6.07, 6.45) is 0.628. The van der Waals surface area contributed by atoms with Gasteiger partial charge in [-0.1, -0.05) is 46.7 Å². The number of hydrogen-bond donors (Lipinski definition) is 0. The van der Waals surface area contributed by atoms with Gasteiger partial charge in [-0.15, -0.1) is 0 Å². The minimum absolute atomic E-state index is 0.00353. The predicted octanol–water partition coefficient (Wildman–Crippen LogP) is 3.33. The van der Waals surface area contributed by atoms with Gasteiger partial charge in [0.2, 0.25) is 0 Å². The Hall–Kier alpha value is -2.72. The first kappa shape index (κ1) is 21.6. The van der Waals surface area contributed by atoms with Crippen molar-refractivity contribution in [1.29, 1.82) is 0 Å². The van der Waals surface area contributed by atoms with Crippen LogP contribution in [0.1, 0.15) is 26.7 Å². The molecule has 0 fully saturated rings. The van der Waals surface area contributed by atoms with Crippen molar-refractivity contribution in [2.75, 3.05) is 0 Å². The Morgan fingerprint density at radius 1 is 0.679 bits per heavy atom. The van der Waals surface area contributed by atoms with E-state index >= 15 is 0 Å². The lowest BCUT2D eigenvalue weighted by atomic mass is 10.2. The number of benzene rings is 2. The summed E-state index contributed by atoms with van der Waals surface area (Å²) in [6, 6.07) is 15.3. The van der Waals surface area contributed by atoms with E-state index in [0.717, 1.165) is 0 Å². The van der Waals surface area contributed by atoms with Crippen LogP contribution in [0.5, 0.6) is 0 Å². The summed E-state index contributed by atoms with van der Waals surface area (Å²) < 4.78 is 57.3. The highest BCUT2D eigenvalue weighted by Gasteiger charge is 2.16. The van der Waals surface area contributed by atoms with Crippen LogP contribution in [0.4, 0.5) is 0 Å². The SMILES string of the molecule is CC(CCC(C)=NOS(=O)(=O)c1ccccc1)=NOS(=O)(=O)c1ccccc1. The Labute approximate surface area is 164 Å². The molecule has 2 rings (SSSR count). The molecule has 0 bridgehead atoms. The van der Waals surface area contributed by atoms with Crippen LogP contribution in [-0.4, -0.2) is 28.3 Å². The van der Waals surface area contributed by atoms with Gasteiger partial charge in [0, 0.05) is 0 Å². The quantitative estimate of drug-likeness (QED) is 0.451. The van der Waals surface area contributed by atoms with E-state index in [1.807, 2.05) is 0 Å². The lowest BCUT2D eigenvalue weighted by molar-refractivity contribution is 0.335. The lowest BCUT2D eigenvalue weighted by Crippen LogP contribution is -2.06. The zero-order valence-corrected chi connectivity index (χ0v) is 17.0. The first-order valence-corrected chi connectivity index (χ1v) is 11.1. The fraction of sp³-hybridized carbons (Fsp3) is 0.222. The summed E-state index contributed by atoms with van der Waals surface area (Å²) in [5.74, 6) is 0. The summed E-state index contributed by atoms with van der Waals surface area (Å²) in [5, 5.41) is 7.23. The van der Waals surface area contributed by atoms with E-state index in [4.69, 9.17) is 0 Å². The highest BCUT2D eigenvalue weighted by Crippen LogP contribution is 2.13. The Bertz CT molecular complexity index is 960. The van der Waals surface area contributed by atoms with Crippen LogP contribution >= 0.6 is 0 Å². The molecule has 0 unspecified atom stereocenters. The maximum atomic E-state index is 12.0. The fourth-order valence-electron chi connectivity index (χ4n) is 1.94. The van der Waals surface area contributed by atoms with Crippen molar-refractivity contribution in [3.05, 3.63) is 60.7 Å². The number of hydrogen-bond acceptors (Lipinski definition) is 8. The van der Waals surface area contributed by atoms with E-state index in [2.05, 4.69) is 18.9 Å². The monoisotopic (exact) mass is 424 g/mol. The van der Waals surface area contributed by atoms with Gasteiger partial charge < -0.3 is 0 Å². The standard InChI is InChI=1S/C18H20N2O6S2/c1-15(19-25-27(21,22)17-9-5-3-6-10-17)13-14-16(2)20-26-28(23,24)18-11-7-4-8-12-18/h3-12H,13-14H2,1-2H3. The number of rotatable bonds is 9. The topological polar surface area (TPSA) is 111 Å². The van der Waals surface area contributed by atoms with Gasteiger partial charge in [-0.05, 0) is 51.0 Å². The minimum Gasteiger partial charge on any atom is -0.265 e. The molecule has 0 saturated heterocycles. The van der Waals surface area contributed by atoms with Crippen LogP contribution in [0.2, 0.25) is 0 Å². The van der Waals surface area contributed by atoms with E-state index in [0.29, 0.717) is 24.3 Å². The van der Waals surface area contributed by atoms with Crippen LogP contribution < -0.4 is 0 Å². The van der Waals surface area contributed by atoms with Crippen LogP contribution in [0.25, 0.3) is 0 Å². The van der Waals surface area contributed by atoms with Gasteiger partial charge in [0.15, 0.2) is 0 Å².